The van der Waals surface area contributed by atoms with Crippen LogP contribution in [0.5, 0.6) is 11.5 Å². The lowest BCUT2D eigenvalue weighted by molar-refractivity contribution is -0.193. The predicted molar refractivity (Wildman–Crippen MR) is 163 cm³/mol. The van der Waals surface area contributed by atoms with Gasteiger partial charge in [-0.2, -0.15) is 26.3 Å². The number of carbonyl (C=O) groups is 2. The first-order valence-corrected chi connectivity index (χ1v) is 16.0. The highest BCUT2D eigenvalue weighted by molar-refractivity contribution is 7.89. The fraction of sp³-hybridized carbons (Fsp3) is 0.483. The Labute approximate surface area is 273 Å². The molecule has 3 rings (SSSR count). The molecular weight excluding hydrogens is 678 g/mol. The van der Waals surface area contributed by atoms with Crippen LogP contribution in [0.15, 0.2) is 48.5 Å². The fourth-order valence-electron chi connectivity index (χ4n) is 3.83. The third-order valence-corrected chi connectivity index (χ3v) is 7.71. The van der Waals surface area contributed by atoms with Crippen molar-refractivity contribution < 1.29 is 64.0 Å². The number of halogens is 6. The van der Waals surface area contributed by atoms with Gasteiger partial charge in [-0.25, -0.2) is 22.7 Å². The molecule has 0 unspecified atom stereocenters. The summed E-state index contributed by atoms with van der Waals surface area (Å²) in [6, 6.07) is 14.3. The summed E-state index contributed by atoms with van der Waals surface area (Å²) < 4.78 is 103. The van der Waals surface area contributed by atoms with Crippen molar-refractivity contribution in [3.8, 4) is 11.5 Å². The first-order chi connectivity index (χ1) is 22.2. The van der Waals surface area contributed by atoms with Crippen LogP contribution in [0.1, 0.15) is 43.7 Å². The number of unbranched alkanes of at least 4 members (excludes halogenated alkanes) is 1. The van der Waals surface area contributed by atoms with Gasteiger partial charge in [0.15, 0.2) is 0 Å². The third-order valence-electron chi connectivity index (χ3n) is 6.19. The van der Waals surface area contributed by atoms with Crippen molar-refractivity contribution >= 4 is 27.8 Å². The summed E-state index contributed by atoms with van der Waals surface area (Å²) in [5.41, 5.74) is 7.11. The highest BCUT2D eigenvalue weighted by atomic mass is 32.2. The molecule has 270 valence electrons. The minimum Gasteiger partial charge on any atom is -0.492 e. The molecule has 1 saturated heterocycles. The van der Waals surface area contributed by atoms with Crippen molar-refractivity contribution in [1.82, 2.24) is 10.0 Å². The molecule has 0 radical (unpaired) electrons. The quantitative estimate of drug-likeness (QED) is 0.0997. The number of nitrogen functional groups attached to an aromatic ring is 1. The number of sulfonamides is 1. The van der Waals surface area contributed by atoms with E-state index in [1.807, 2.05) is 31.2 Å². The zero-order valence-electron chi connectivity index (χ0n) is 25.7. The average molecular weight is 717 g/mol. The number of nitrogens with two attached hydrogens (primary N) is 1. The van der Waals surface area contributed by atoms with E-state index >= 15 is 0 Å². The van der Waals surface area contributed by atoms with Gasteiger partial charge in [-0.15, -0.1) is 0 Å². The van der Waals surface area contributed by atoms with Crippen molar-refractivity contribution in [3.63, 3.8) is 0 Å². The number of carboxylic acid groups (broad SMARTS) is 2. The first kappa shape index (κ1) is 41.9. The Hall–Kier alpha value is -4.10. The van der Waals surface area contributed by atoms with Gasteiger partial charge in [0.25, 0.3) is 0 Å². The van der Waals surface area contributed by atoms with Gasteiger partial charge in [0.1, 0.15) is 30.0 Å². The number of benzene rings is 2. The molecule has 48 heavy (non-hydrogen) atoms. The summed E-state index contributed by atoms with van der Waals surface area (Å²) in [6.07, 6.45) is -6.07. The minimum atomic E-state index is -5.08. The number of hydrogen-bond donors (Lipinski definition) is 6. The number of nitrogens with one attached hydrogen (secondary N) is 3. The molecule has 1 aliphatic rings. The van der Waals surface area contributed by atoms with Gasteiger partial charge in [0, 0.05) is 5.56 Å². The summed E-state index contributed by atoms with van der Waals surface area (Å²) in [7, 11) is -3.43. The van der Waals surface area contributed by atoms with Crippen molar-refractivity contribution in [2.75, 3.05) is 25.4 Å². The Bertz CT molecular complexity index is 1390. The number of rotatable bonds is 13. The van der Waals surface area contributed by atoms with E-state index in [1.165, 1.54) is 0 Å². The number of carboxylic acids is 2. The number of piperidine rings is 1. The molecule has 0 bridgehead atoms. The van der Waals surface area contributed by atoms with Crippen LogP contribution in [-0.4, -0.2) is 86.4 Å². The molecule has 12 nitrogen and oxygen atoms in total. The van der Waals surface area contributed by atoms with Gasteiger partial charge < -0.3 is 30.7 Å². The van der Waals surface area contributed by atoms with E-state index < -0.39 is 40.4 Å². The standard InChI is InChI=1S/C25H36N4O4S.2C2HF3O2/c1-2-3-15-34(30,31)29-21(18-32-24-6-4-5-20(17-24)25(26)27)16-19-7-9-22(10-8-19)33-23-11-13-28-14-12-23;2*3-2(4,5)1(6)7/h4-10,17,21,23,28-29H,2-3,11-16,18H2,1H3,(H3,26,27);2*(H,6,7)/t21-;;/m0../s1. The van der Waals surface area contributed by atoms with E-state index in [1.54, 1.807) is 24.3 Å². The molecule has 1 atom stereocenters. The molecule has 0 spiro atoms. The number of alkyl halides is 6. The van der Waals surface area contributed by atoms with E-state index in [9.17, 15) is 34.8 Å². The Morgan fingerprint density at radius 3 is 2.02 bits per heavy atom. The summed E-state index contributed by atoms with van der Waals surface area (Å²) in [4.78, 5) is 17.8. The van der Waals surface area contributed by atoms with E-state index in [4.69, 9.17) is 40.4 Å². The van der Waals surface area contributed by atoms with Crippen molar-refractivity contribution in [3.05, 3.63) is 59.7 Å². The molecule has 2 aromatic carbocycles. The Morgan fingerprint density at radius 1 is 1.00 bits per heavy atom. The third kappa shape index (κ3) is 17.7. The van der Waals surface area contributed by atoms with Crippen molar-refractivity contribution in [2.45, 2.75) is 63.5 Å². The lowest BCUT2D eigenvalue weighted by Gasteiger charge is -2.24. The topological polar surface area (TPSA) is 201 Å². The summed E-state index contributed by atoms with van der Waals surface area (Å²) in [5.74, 6) is -4.11. The molecule has 0 amide bonds. The van der Waals surface area contributed by atoms with Crippen LogP contribution >= 0.6 is 0 Å². The van der Waals surface area contributed by atoms with Crippen molar-refractivity contribution in [2.24, 2.45) is 5.73 Å². The van der Waals surface area contributed by atoms with Crippen LogP contribution in [0.4, 0.5) is 26.3 Å². The fourth-order valence-corrected chi connectivity index (χ4v) is 5.27. The van der Waals surface area contributed by atoms with Crippen LogP contribution in [0.3, 0.4) is 0 Å². The second-order valence-electron chi connectivity index (χ2n) is 10.3. The van der Waals surface area contributed by atoms with Gasteiger partial charge in [0.05, 0.1) is 11.8 Å². The normalized spacial score (nSPS) is 14.3. The van der Waals surface area contributed by atoms with E-state index in [0.29, 0.717) is 24.2 Å². The van der Waals surface area contributed by atoms with Crippen LogP contribution in [0.2, 0.25) is 0 Å². The summed E-state index contributed by atoms with van der Waals surface area (Å²) in [6.45, 7) is 4.06. The second-order valence-corrected chi connectivity index (χ2v) is 12.1. The molecule has 0 saturated carbocycles. The lowest BCUT2D eigenvalue weighted by Crippen LogP contribution is -2.41. The van der Waals surface area contributed by atoms with Crippen LogP contribution in [0.25, 0.3) is 0 Å². The number of amidine groups is 1. The number of ether oxygens (including phenoxy) is 2. The average Bonchev–Trinajstić information content (AvgIpc) is 3.00. The summed E-state index contributed by atoms with van der Waals surface area (Å²) >= 11 is 0. The molecular formula is C29H38F6N4O8S. The van der Waals surface area contributed by atoms with Crippen LogP contribution < -0.4 is 25.2 Å². The maximum Gasteiger partial charge on any atom is 0.490 e. The smallest absolute Gasteiger partial charge is 0.490 e. The zero-order valence-corrected chi connectivity index (χ0v) is 26.6. The highest BCUT2D eigenvalue weighted by Gasteiger charge is 2.38. The molecule has 0 aliphatic carbocycles. The van der Waals surface area contributed by atoms with E-state index in [0.717, 1.165) is 43.7 Å². The van der Waals surface area contributed by atoms with Gasteiger partial charge >= 0.3 is 24.3 Å². The van der Waals surface area contributed by atoms with Crippen molar-refractivity contribution in [1.29, 1.82) is 5.41 Å². The lowest BCUT2D eigenvalue weighted by atomic mass is 10.1. The van der Waals surface area contributed by atoms with Gasteiger partial charge in [-0.3, -0.25) is 5.41 Å². The summed E-state index contributed by atoms with van der Waals surface area (Å²) in [5, 5.41) is 25.2. The molecule has 1 heterocycles. The van der Waals surface area contributed by atoms with E-state index in [2.05, 4.69) is 10.0 Å². The number of aliphatic carboxylic acids is 2. The molecule has 1 aliphatic heterocycles. The maximum absolute atomic E-state index is 12.6. The van der Waals surface area contributed by atoms with Crippen LogP contribution in [0, 0.1) is 5.41 Å². The SMILES string of the molecule is CCCCS(=O)(=O)N[C@H](COc1cccc(C(=N)N)c1)Cc1ccc(OC2CCNCC2)cc1.O=C(O)C(F)(F)F.O=C(O)C(F)(F)F. The number of hydrogen-bond acceptors (Lipinski definition) is 8. The van der Waals surface area contributed by atoms with E-state index in [-0.39, 0.29) is 24.3 Å². The zero-order chi connectivity index (χ0) is 36.5. The van der Waals surface area contributed by atoms with Crippen LogP contribution in [-0.2, 0) is 26.0 Å². The second kappa shape index (κ2) is 19.7. The molecule has 7 N–H and O–H groups in total. The van der Waals surface area contributed by atoms with Gasteiger partial charge in [0.2, 0.25) is 10.0 Å². The maximum atomic E-state index is 12.6. The molecule has 2 aromatic rings. The molecule has 1 fully saturated rings. The Kier molecular flexibility index (Phi) is 17.2. The van der Waals surface area contributed by atoms with Gasteiger partial charge in [-0.1, -0.05) is 37.6 Å². The monoisotopic (exact) mass is 716 g/mol. The molecule has 0 aromatic heterocycles. The highest BCUT2D eigenvalue weighted by Crippen LogP contribution is 2.20. The van der Waals surface area contributed by atoms with Gasteiger partial charge in [-0.05, 0) is 68.6 Å². The predicted octanol–water partition coefficient (Wildman–Crippen LogP) is 4.08. The first-order valence-electron chi connectivity index (χ1n) is 14.4. The molecule has 19 heteroatoms. The largest absolute Gasteiger partial charge is 0.492 e. The Morgan fingerprint density at radius 2 is 1.54 bits per heavy atom. The Balaban J connectivity index is 0.000000687. The minimum absolute atomic E-state index is 0.0472.